The summed E-state index contributed by atoms with van der Waals surface area (Å²) in [6, 6.07) is 0.331. The predicted octanol–water partition coefficient (Wildman–Crippen LogP) is 3.27. The molecule has 25 heavy (non-hydrogen) atoms. The molecule has 0 spiro atoms. The number of carboxylic acids is 1. The van der Waals surface area contributed by atoms with Gasteiger partial charge in [0.25, 0.3) is 0 Å². The van der Waals surface area contributed by atoms with Crippen molar-refractivity contribution >= 4 is 35.2 Å². The molecular weight excluding hydrogens is 368 g/mol. The van der Waals surface area contributed by atoms with E-state index in [9.17, 15) is 33.3 Å². The quantitative estimate of drug-likeness (QED) is 0.208. The maximum absolute atomic E-state index is 13.6. The normalized spacial score (nSPS) is 9.44. The van der Waals surface area contributed by atoms with Crippen LogP contribution >= 0.6 is 11.6 Å². The number of nitrogens with zero attached hydrogens (tertiary/aromatic N) is 1. The van der Waals surface area contributed by atoms with Crippen LogP contribution in [0, 0.1) is 21.7 Å². The van der Waals surface area contributed by atoms with Gasteiger partial charge < -0.3 is 9.84 Å². The number of carbonyl (C=O) groups is 3. The number of carboxylic acid groups (broad SMARTS) is 1. The van der Waals surface area contributed by atoms with Gasteiger partial charge in [-0.05, 0) is 6.42 Å². The Hall–Kier alpha value is -2.88. The number of aliphatic carboxylic acids is 1. The Morgan fingerprint density at radius 1 is 1.40 bits per heavy atom. The van der Waals surface area contributed by atoms with E-state index in [2.05, 4.69) is 11.3 Å². The second-order valence-corrected chi connectivity index (χ2v) is 4.57. The average molecular weight is 380 g/mol. The second kappa shape index (κ2) is 10.1. The number of esters is 2. The molecule has 0 radical (unpaired) electrons. The molecule has 11 heteroatoms. The van der Waals surface area contributed by atoms with Gasteiger partial charge in [0.2, 0.25) is 5.82 Å². The Morgan fingerprint density at radius 3 is 2.32 bits per heavy atom. The zero-order valence-corrected chi connectivity index (χ0v) is 13.5. The van der Waals surface area contributed by atoms with Crippen molar-refractivity contribution in [3.63, 3.8) is 0 Å². The maximum Gasteiger partial charge on any atom is 0.349 e. The summed E-state index contributed by atoms with van der Waals surface area (Å²) in [4.78, 5) is 41.2. The molecule has 136 valence electrons. The first-order chi connectivity index (χ1) is 11.6. The van der Waals surface area contributed by atoms with E-state index < -0.39 is 50.7 Å². The Balaban J connectivity index is 0.00000101. The third kappa shape index (κ3) is 6.63. The predicted molar refractivity (Wildman–Crippen MR) is 81.2 cm³/mol. The van der Waals surface area contributed by atoms with Gasteiger partial charge in [-0.2, -0.15) is 4.39 Å². The Morgan fingerprint density at radius 2 is 1.92 bits per heavy atom. The van der Waals surface area contributed by atoms with Gasteiger partial charge in [-0.1, -0.05) is 25.1 Å². The smallest absolute Gasteiger partial charge is 0.349 e. The summed E-state index contributed by atoms with van der Waals surface area (Å²) in [5.74, 6) is -6.51. The van der Waals surface area contributed by atoms with Gasteiger partial charge in [0.1, 0.15) is 10.6 Å². The Kier molecular flexibility index (Phi) is 8.92. The number of nitro benzene ring substituents is 1. The van der Waals surface area contributed by atoms with E-state index in [0.29, 0.717) is 12.5 Å². The van der Waals surface area contributed by atoms with E-state index in [1.807, 2.05) is 0 Å². The zero-order valence-electron chi connectivity index (χ0n) is 12.8. The van der Waals surface area contributed by atoms with Gasteiger partial charge >= 0.3 is 23.6 Å². The second-order valence-electron chi connectivity index (χ2n) is 4.20. The molecule has 1 N–H and O–H groups in total. The lowest BCUT2D eigenvalue weighted by atomic mass is 10.2. The number of carbonyl (C=O) groups excluding carboxylic acids is 2. The summed E-state index contributed by atoms with van der Waals surface area (Å²) in [6.45, 7) is 4.61. The van der Waals surface area contributed by atoms with Gasteiger partial charge in [-0.3, -0.25) is 14.9 Å². The SMILES string of the molecule is C=CC(=O)O.CCCC(=O)OC(=O)c1cc([N+](=O)[O-])c(F)c(Cl)c1F. The standard InChI is InChI=1S/C11H8ClF2NO5.C3H4O2/c1-2-3-7(16)20-11(17)5-4-6(15(18)19)10(14)8(12)9(5)13;1-2-3(4)5/h4H,2-3H2,1H3;2H,1H2,(H,4,5). The van der Waals surface area contributed by atoms with E-state index in [1.54, 1.807) is 6.92 Å². The van der Waals surface area contributed by atoms with Crippen LogP contribution in [0.25, 0.3) is 0 Å². The van der Waals surface area contributed by atoms with Crippen molar-refractivity contribution in [2.45, 2.75) is 19.8 Å². The van der Waals surface area contributed by atoms with Gasteiger partial charge in [0.05, 0.1) is 4.92 Å². The van der Waals surface area contributed by atoms with E-state index in [0.717, 1.165) is 6.08 Å². The maximum atomic E-state index is 13.6. The molecule has 0 unspecified atom stereocenters. The molecule has 1 aromatic rings. The lowest BCUT2D eigenvalue weighted by molar-refractivity contribution is -0.387. The van der Waals surface area contributed by atoms with Crippen LogP contribution in [0.3, 0.4) is 0 Å². The van der Waals surface area contributed by atoms with Gasteiger partial charge in [0, 0.05) is 18.6 Å². The molecule has 0 saturated heterocycles. The minimum atomic E-state index is -1.61. The summed E-state index contributed by atoms with van der Waals surface area (Å²) in [5.41, 5.74) is -2.17. The minimum absolute atomic E-state index is 0.0929. The van der Waals surface area contributed by atoms with Gasteiger partial charge in [-0.15, -0.1) is 0 Å². The fourth-order valence-electron chi connectivity index (χ4n) is 1.29. The minimum Gasteiger partial charge on any atom is -0.478 e. The first kappa shape index (κ1) is 22.1. The number of nitro groups is 1. The van der Waals surface area contributed by atoms with Gasteiger partial charge in [0.15, 0.2) is 5.82 Å². The van der Waals surface area contributed by atoms with E-state index >= 15 is 0 Å². The van der Waals surface area contributed by atoms with Crippen LogP contribution in [0.1, 0.15) is 30.1 Å². The summed E-state index contributed by atoms with van der Waals surface area (Å²) < 4.78 is 31.2. The average Bonchev–Trinajstić information content (AvgIpc) is 2.53. The van der Waals surface area contributed by atoms with Crippen molar-refractivity contribution in [1.82, 2.24) is 0 Å². The summed E-state index contributed by atoms with van der Waals surface area (Å²) in [7, 11) is 0. The lowest BCUT2D eigenvalue weighted by Crippen LogP contribution is -2.14. The fourth-order valence-corrected chi connectivity index (χ4v) is 1.48. The highest BCUT2D eigenvalue weighted by molar-refractivity contribution is 6.31. The molecule has 0 aliphatic rings. The first-order valence-corrected chi connectivity index (χ1v) is 6.86. The van der Waals surface area contributed by atoms with Crippen molar-refractivity contribution in [3.05, 3.63) is 51.1 Å². The largest absolute Gasteiger partial charge is 0.478 e. The molecule has 0 amide bonds. The molecule has 0 aromatic heterocycles. The van der Waals surface area contributed by atoms with Crippen molar-refractivity contribution in [2.24, 2.45) is 0 Å². The van der Waals surface area contributed by atoms with Crippen molar-refractivity contribution < 1.29 is 37.9 Å². The molecule has 0 aliphatic carbocycles. The monoisotopic (exact) mass is 379 g/mol. The number of hydrogen-bond donors (Lipinski definition) is 1. The van der Waals surface area contributed by atoms with Crippen molar-refractivity contribution in [3.8, 4) is 0 Å². The Bertz CT molecular complexity index is 722. The highest BCUT2D eigenvalue weighted by atomic mass is 35.5. The number of hydrogen-bond acceptors (Lipinski definition) is 6. The van der Waals surface area contributed by atoms with Crippen LogP contribution in [0.15, 0.2) is 18.7 Å². The van der Waals surface area contributed by atoms with E-state index in [-0.39, 0.29) is 6.42 Å². The number of benzene rings is 1. The molecule has 0 fully saturated rings. The summed E-state index contributed by atoms with van der Waals surface area (Å²) in [5, 5.41) is 16.9. The van der Waals surface area contributed by atoms with Crippen LogP contribution in [0.5, 0.6) is 0 Å². The zero-order chi connectivity index (χ0) is 19.7. The highest BCUT2D eigenvalue weighted by Gasteiger charge is 2.28. The van der Waals surface area contributed by atoms with Crippen LogP contribution in [-0.2, 0) is 14.3 Å². The molecular formula is C14H12ClF2NO7. The van der Waals surface area contributed by atoms with Crippen LogP contribution < -0.4 is 0 Å². The van der Waals surface area contributed by atoms with E-state index in [4.69, 9.17) is 16.7 Å². The number of rotatable bonds is 5. The van der Waals surface area contributed by atoms with Crippen LogP contribution in [-0.4, -0.2) is 27.9 Å². The molecule has 0 saturated carbocycles. The van der Waals surface area contributed by atoms with E-state index in [1.165, 1.54) is 0 Å². The fraction of sp³-hybridized carbons (Fsp3) is 0.214. The summed E-state index contributed by atoms with van der Waals surface area (Å²) >= 11 is 5.23. The topological polar surface area (TPSA) is 124 Å². The van der Waals surface area contributed by atoms with Gasteiger partial charge in [-0.25, -0.2) is 14.0 Å². The number of ether oxygens (including phenoxy) is 1. The van der Waals surface area contributed by atoms with Crippen LogP contribution in [0.2, 0.25) is 5.02 Å². The van der Waals surface area contributed by atoms with Crippen molar-refractivity contribution in [1.29, 1.82) is 0 Å². The number of halogens is 3. The molecule has 0 aliphatic heterocycles. The molecule has 0 atom stereocenters. The Labute approximate surface area is 144 Å². The molecule has 0 heterocycles. The third-order valence-corrected chi connectivity index (χ3v) is 2.71. The van der Waals surface area contributed by atoms with Crippen LogP contribution in [0.4, 0.5) is 14.5 Å². The molecule has 8 nitrogen and oxygen atoms in total. The summed E-state index contributed by atoms with van der Waals surface area (Å²) in [6.07, 6.45) is 1.13. The first-order valence-electron chi connectivity index (χ1n) is 6.48. The molecule has 1 rings (SSSR count). The van der Waals surface area contributed by atoms with Crippen molar-refractivity contribution in [2.75, 3.05) is 0 Å². The highest BCUT2D eigenvalue weighted by Crippen LogP contribution is 2.30. The lowest BCUT2D eigenvalue weighted by Gasteiger charge is -2.05. The third-order valence-electron chi connectivity index (χ3n) is 2.38. The molecule has 1 aromatic carbocycles. The molecule has 0 bridgehead atoms.